The van der Waals surface area contributed by atoms with Gasteiger partial charge in [-0.05, 0) is 35.6 Å². The van der Waals surface area contributed by atoms with E-state index in [-0.39, 0.29) is 5.75 Å². The molecule has 0 radical (unpaired) electrons. The van der Waals surface area contributed by atoms with Crippen LogP contribution in [0.2, 0.25) is 0 Å². The van der Waals surface area contributed by atoms with Crippen LogP contribution in [0, 0.1) is 0 Å². The van der Waals surface area contributed by atoms with Gasteiger partial charge in [-0.15, -0.1) is 0 Å². The van der Waals surface area contributed by atoms with Crippen molar-refractivity contribution in [2.24, 2.45) is 0 Å². The van der Waals surface area contributed by atoms with Gasteiger partial charge >= 0.3 is 0 Å². The van der Waals surface area contributed by atoms with E-state index in [1.54, 1.807) is 12.1 Å². The molecule has 2 nitrogen and oxygen atoms in total. The van der Waals surface area contributed by atoms with E-state index in [0.717, 1.165) is 12.0 Å². The Labute approximate surface area is 121 Å². The van der Waals surface area contributed by atoms with Crippen LogP contribution < -0.4 is 0 Å². The first kappa shape index (κ1) is 14.8. The average molecular weight is 288 g/mol. The van der Waals surface area contributed by atoms with Crippen LogP contribution in [-0.2, 0) is 15.6 Å². The Hall–Kier alpha value is -1.61. The molecule has 0 bridgehead atoms. The van der Waals surface area contributed by atoms with Crippen LogP contribution in [-0.4, -0.2) is 8.42 Å². The molecule has 0 aliphatic carbocycles. The van der Waals surface area contributed by atoms with E-state index in [4.69, 9.17) is 0 Å². The minimum Gasteiger partial charge on any atom is -0.223 e. The molecule has 0 spiro atoms. The Bertz CT molecular complexity index is 643. The Kier molecular flexibility index (Phi) is 4.61. The first-order valence-electron chi connectivity index (χ1n) is 6.89. The van der Waals surface area contributed by atoms with Crippen LogP contribution in [0.5, 0.6) is 0 Å². The first-order valence-corrected chi connectivity index (χ1v) is 8.55. The molecule has 2 rings (SSSR count). The molecule has 20 heavy (non-hydrogen) atoms. The third-order valence-electron chi connectivity index (χ3n) is 3.62. The predicted molar refractivity (Wildman–Crippen MR) is 82.5 cm³/mol. The van der Waals surface area contributed by atoms with Crippen LogP contribution in [0.25, 0.3) is 0 Å². The van der Waals surface area contributed by atoms with Gasteiger partial charge in [-0.3, -0.25) is 0 Å². The third-order valence-corrected chi connectivity index (χ3v) is 5.32. The standard InChI is InChI=1S/C17H20O2S/c1-3-14(2)16-9-11-17(12-10-16)20(18,19)13-15-7-5-4-6-8-15/h4-12,14H,3,13H2,1-2H3. The van der Waals surface area contributed by atoms with Gasteiger partial charge in [0, 0.05) is 0 Å². The lowest BCUT2D eigenvalue weighted by molar-refractivity contribution is 0.595. The van der Waals surface area contributed by atoms with Crippen LogP contribution in [0.4, 0.5) is 0 Å². The first-order chi connectivity index (χ1) is 9.53. The summed E-state index contributed by atoms with van der Waals surface area (Å²) in [5, 5.41) is 0. The van der Waals surface area contributed by atoms with E-state index in [1.165, 1.54) is 5.56 Å². The highest BCUT2D eigenvalue weighted by atomic mass is 32.2. The second-order valence-corrected chi connectivity index (χ2v) is 7.11. The minimum absolute atomic E-state index is 0.0521. The summed E-state index contributed by atoms with van der Waals surface area (Å²) >= 11 is 0. The van der Waals surface area contributed by atoms with E-state index >= 15 is 0 Å². The maximum Gasteiger partial charge on any atom is 0.182 e. The van der Waals surface area contributed by atoms with Gasteiger partial charge in [0.2, 0.25) is 0 Å². The van der Waals surface area contributed by atoms with E-state index in [1.807, 2.05) is 42.5 Å². The number of rotatable bonds is 5. The molecule has 1 atom stereocenters. The zero-order chi connectivity index (χ0) is 14.6. The Morgan fingerprint density at radius 3 is 2.10 bits per heavy atom. The molecule has 1 unspecified atom stereocenters. The van der Waals surface area contributed by atoms with Gasteiger partial charge in [0.05, 0.1) is 10.6 Å². The van der Waals surface area contributed by atoms with E-state index in [9.17, 15) is 8.42 Å². The maximum absolute atomic E-state index is 12.4. The van der Waals surface area contributed by atoms with Crippen molar-refractivity contribution in [3.63, 3.8) is 0 Å². The molecule has 2 aromatic carbocycles. The quantitative estimate of drug-likeness (QED) is 0.827. The van der Waals surface area contributed by atoms with Crippen molar-refractivity contribution in [2.45, 2.75) is 36.8 Å². The van der Waals surface area contributed by atoms with Crippen molar-refractivity contribution in [1.82, 2.24) is 0 Å². The summed E-state index contributed by atoms with van der Waals surface area (Å²) in [5.41, 5.74) is 2.00. The van der Waals surface area contributed by atoms with Crippen molar-refractivity contribution in [2.75, 3.05) is 0 Å². The molecule has 0 saturated carbocycles. The van der Waals surface area contributed by atoms with Crippen molar-refractivity contribution in [3.8, 4) is 0 Å². The molecule has 3 heteroatoms. The number of hydrogen-bond donors (Lipinski definition) is 0. The summed E-state index contributed by atoms with van der Waals surface area (Å²) in [7, 11) is -3.26. The van der Waals surface area contributed by atoms with Crippen molar-refractivity contribution in [1.29, 1.82) is 0 Å². The second kappa shape index (κ2) is 6.23. The van der Waals surface area contributed by atoms with E-state index in [0.29, 0.717) is 10.8 Å². The summed E-state index contributed by atoms with van der Waals surface area (Å²) in [6, 6.07) is 16.6. The van der Waals surface area contributed by atoms with Crippen LogP contribution in [0.3, 0.4) is 0 Å². The van der Waals surface area contributed by atoms with Crippen LogP contribution >= 0.6 is 0 Å². The van der Waals surface area contributed by atoms with Gasteiger partial charge in [-0.2, -0.15) is 0 Å². The normalized spacial score (nSPS) is 13.1. The topological polar surface area (TPSA) is 34.1 Å². The van der Waals surface area contributed by atoms with Gasteiger partial charge < -0.3 is 0 Å². The lowest BCUT2D eigenvalue weighted by atomic mass is 9.99. The summed E-state index contributed by atoms with van der Waals surface area (Å²) in [5.74, 6) is 0.511. The van der Waals surface area contributed by atoms with Crippen LogP contribution in [0.15, 0.2) is 59.5 Å². The van der Waals surface area contributed by atoms with Crippen molar-refractivity contribution >= 4 is 9.84 Å². The fourth-order valence-electron chi connectivity index (χ4n) is 2.12. The second-order valence-electron chi connectivity index (χ2n) is 5.12. The smallest absolute Gasteiger partial charge is 0.182 e. The number of hydrogen-bond acceptors (Lipinski definition) is 2. The van der Waals surface area contributed by atoms with Gasteiger partial charge in [0.15, 0.2) is 9.84 Å². The Balaban J connectivity index is 2.22. The number of sulfone groups is 1. The molecule has 0 aromatic heterocycles. The van der Waals surface area contributed by atoms with Gasteiger partial charge in [0.1, 0.15) is 0 Å². The fourth-order valence-corrected chi connectivity index (χ4v) is 3.47. The Morgan fingerprint density at radius 1 is 0.950 bits per heavy atom. The molecule has 106 valence electrons. The lowest BCUT2D eigenvalue weighted by Crippen LogP contribution is -2.05. The molecular formula is C17H20O2S. The molecular weight excluding hydrogens is 268 g/mol. The zero-order valence-electron chi connectivity index (χ0n) is 11.9. The number of benzene rings is 2. The van der Waals surface area contributed by atoms with Crippen LogP contribution in [0.1, 0.15) is 37.3 Å². The average Bonchev–Trinajstić information content (AvgIpc) is 2.47. The summed E-state index contributed by atoms with van der Waals surface area (Å²) in [4.78, 5) is 0.397. The predicted octanol–water partition coefficient (Wildman–Crippen LogP) is 4.17. The van der Waals surface area contributed by atoms with Crippen molar-refractivity contribution in [3.05, 3.63) is 65.7 Å². The van der Waals surface area contributed by atoms with E-state index < -0.39 is 9.84 Å². The summed E-state index contributed by atoms with van der Waals surface area (Å²) < 4.78 is 24.7. The molecule has 0 saturated heterocycles. The lowest BCUT2D eigenvalue weighted by Gasteiger charge is -2.10. The van der Waals surface area contributed by atoms with Gasteiger partial charge in [0.25, 0.3) is 0 Å². The molecule has 0 fully saturated rings. The molecule has 0 amide bonds. The molecule has 0 aliphatic rings. The zero-order valence-corrected chi connectivity index (χ0v) is 12.7. The molecule has 0 heterocycles. The SMILES string of the molecule is CCC(C)c1ccc(S(=O)(=O)Cc2ccccc2)cc1. The van der Waals surface area contributed by atoms with Gasteiger partial charge in [-0.25, -0.2) is 8.42 Å². The monoisotopic (exact) mass is 288 g/mol. The highest BCUT2D eigenvalue weighted by Crippen LogP contribution is 2.22. The molecule has 0 N–H and O–H groups in total. The third kappa shape index (κ3) is 3.48. The fraction of sp³-hybridized carbons (Fsp3) is 0.294. The summed E-state index contributed by atoms with van der Waals surface area (Å²) in [6.07, 6.45) is 1.05. The highest BCUT2D eigenvalue weighted by Gasteiger charge is 2.15. The molecule has 2 aromatic rings. The summed E-state index contributed by atoms with van der Waals surface area (Å²) in [6.45, 7) is 4.28. The maximum atomic E-state index is 12.4. The van der Waals surface area contributed by atoms with Crippen molar-refractivity contribution < 1.29 is 8.42 Å². The van der Waals surface area contributed by atoms with Gasteiger partial charge in [-0.1, -0.05) is 56.3 Å². The molecule has 0 aliphatic heterocycles. The van der Waals surface area contributed by atoms with E-state index in [2.05, 4.69) is 13.8 Å². The minimum atomic E-state index is -3.26. The largest absolute Gasteiger partial charge is 0.223 e. The Morgan fingerprint density at radius 2 is 1.55 bits per heavy atom. The highest BCUT2D eigenvalue weighted by molar-refractivity contribution is 7.90.